The van der Waals surface area contributed by atoms with E-state index >= 15 is 0 Å². The van der Waals surface area contributed by atoms with Gasteiger partial charge in [0.15, 0.2) is 0 Å². The number of hydrogen-bond donors (Lipinski definition) is 0. The highest BCUT2D eigenvalue weighted by Crippen LogP contribution is 2.24. The van der Waals surface area contributed by atoms with Crippen molar-refractivity contribution in [2.45, 2.75) is 0 Å². The smallest absolute Gasteiger partial charge is 0.309 e. The van der Waals surface area contributed by atoms with Crippen molar-refractivity contribution in [3.8, 4) is 22.6 Å². The second-order valence-electron chi connectivity index (χ2n) is 4.13. The number of nitrogens with zero attached hydrogens (tertiary/aromatic N) is 2. The van der Waals surface area contributed by atoms with E-state index in [1.165, 1.54) is 0 Å². The lowest BCUT2D eigenvalue weighted by Crippen LogP contribution is -1.86. The van der Waals surface area contributed by atoms with Crippen LogP contribution in [0, 0.1) is 0 Å². The Morgan fingerprint density at radius 2 is 1.45 bits per heavy atom. The Labute approximate surface area is 120 Å². The molecule has 0 N–H and O–H groups in total. The molecule has 0 aliphatic heterocycles. The SMILES string of the molecule is O=C(Cl)c1nnc(-c2ccc(-c3ccccc3)cc2)o1. The van der Waals surface area contributed by atoms with Crippen LogP contribution in [-0.2, 0) is 0 Å². The van der Waals surface area contributed by atoms with Crippen molar-refractivity contribution < 1.29 is 9.21 Å². The highest BCUT2D eigenvalue weighted by Gasteiger charge is 2.13. The number of carbonyl (C=O) groups excluding carboxylic acids is 1. The largest absolute Gasteiger partial charge is 0.413 e. The molecule has 3 rings (SSSR count). The van der Waals surface area contributed by atoms with E-state index in [0.29, 0.717) is 0 Å². The van der Waals surface area contributed by atoms with Crippen molar-refractivity contribution in [1.82, 2.24) is 10.2 Å². The van der Waals surface area contributed by atoms with Crippen molar-refractivity contribution >= 4 is 16.8 Å². The van der Waals surface area contributed by atoms with Crippen LogP contribution in [0.5, 0.6) is 0 Å². The van der Waals surface area contributed by atoms with Crippen LogP contribution in [0.3, 0.4) is 0 Å². The molecule has 0 unspecified atom stereocenters. The number of carbonyl (C=O) groups is 1. The van der Waals surface area contributed by atoms with Crippen LogP contribution < -0.4 is 0 Å². The Morgan fingerprint density at radius 1 is 0.850 bits per heavy atom. The van der Waals surface area contributed by atoms with Gasteiger partial charge in [-0.25, -0.2) is 0 Å². The number of aromatic nitrogens is 2. The first kappa shape index (κ1) is 12.6. The van der Waals surface area contributed by atoms with E-state index in [0.717, 1.165) is 16.7 Å². The zero-order valence-corrected chi connectivity index (χ0v) is 11.0. The molecule has 5 heteroatoms. The van der Waals surface area contributed by atoms with Crippen molar-refractivity contribution in [2.24, 2.45) is 0 Å². The Kier molecular flexibility index (Phi) is 3.31. The molecule has 1 aromatic heterocycles. The molecule has 0 fully saturated rings. The third kappa shape index (κ3) is 2.46. The first-order valence-corrected chi connectivity index (χ1v) is 6.31. The van der Waals surface area contributed by atoms with Gasteiger partial charge in [0.25, 0.3) is 0 Å². The summed E-state index contributed by atoms with van der Waals surface area (Å²) in [6, 6.07) is 17.6. The molecule has 20 heavy (non-hydrogen) atoms. The van der Waals surface area contributed by atoms with Gasteiger partial charge in [-0.15, -0.1) is 10.2 Å². The van der Waals surface area contributed by atoms with Gasteiger partial charge < -0.3 is 4.42 Å². The molecule has 98 valence electrons. The summed E-state index contributed by atoms with van der Waals surface area (Å²) >= 11 is 5.27. The normalized spacial score (nSPS) is 10.4. The fraction of sp³-hybridized carbons (Fsp3) is 0. The lowest BCUT2D eigenvalue weighted by Gasteiger charge is -2.01. The predicted molar refractivity (Wildman–Crippen MR) is 75.4 cm³/mol. The Hall–Kier alpha value is -2.46. The second-order valence-corrected chi connectivity index (χ2v) is 4.47. The van der Waals surface area contributed by atoms with Crippen molar-refractivity contribution in [3.63, 3.8) is 0 Å². The highest BCUT2D eigenvalue weighted by molar-refractivity contribution is 6.67. The fourth-order valence-corrected chi connectivity index (χ4v) is 1.93. The summed E-state index contributed by atoms with van der Waals surface area (Å²) in [5, 5.41) is 6.60. The van der Waals surface area contributed by atoms with Gasteiger partial charge in [-0.3, -0.25) is 4.79 Å². The van der Waals surface area contributed by atoms with Gasteiger partial charge >= 0.3 is 11.1 Å². The van der Waals surface area contributed by atoms with Gasteiger partial charge in [0.1, 0.15) is 0 Å². The first-order valence-electron chi connectivity index (χ1n) is 5.93. The van der Waals surface area contributed by atoms with Crippen molar-refractivity contribution in [1.29, 1.82) is 0 Å². The average molecular weight is 285 g/mol. The molecule has 0 amide bonds. The van der Waals surface area contributed by atoms with Crippen molar-refractivity contribution in [2.75, 3.05) is 0 Å². The molecule has 0 saturated carbocycles. The van der Waals surface area contributed by atoms with Gasteiger partial charge in [0.2, 0.25) is 5.89 Å². The molecule has 3 aromatic rings. The molecule has 0 spiro atoms. The number of benzene rings is 2. The van der Waals surface area contributed by atoms with E-state index in [4.69, 9.17) is 16.0 Å². The molecule has 1 heterocycles. The zero-order valence-electron chi connectivity index (χ0n) is 10.3. The van der Waals surface area contributed by atoms with Gasteiger partial charge in [0, 0.05) is 5.56 Å². The number of rotatable bonds is 3. The third-order valence-electron chi connectivity index (χ3n) is 2.83. The van der Waals surface area contributed by atoms with Crippen LogP contribution >= 0.6 is 11.6 Å². The van der Waals surface area contributed by atoms with Gasteiger partial charge in [-0.05, 0) is 34.9 Å². The minimum absolute atomic E-state index is 0.200. The van der Waals surface area contributed by atoms with E-state index in [1.54, 1.807) is 0 Å². The molecule has 0 atom stereocenters. The van der Waals surface area contributed by atoms with Crippen molar-refractivity contribution in [3.05, 3.63) is 60.5 Å². The number of halogens is 1. The summed E-state index contributed by atoms with van der Waals surface area (Å²) < 4.78 is 5.17. The molecule has 2 aromatic carbocycles. The van der Waals surface area contributed by atoms with Crippen LogP contribution in [0.2, 0.25) is 0 Å². The van der Waals surface area contributed by atoms with E-state index in [-0.39, 0.29) is 11.8 Å². The molecular formula is C15H9ClN2O2. The molecule has 0 aliphatic carbocycles. The standard InChI is InChI=1S/C15H9ClN2O2/c16-13(19)15-18-17-14(20-15)12-8-6-11(7-9-12)10-4-2-1-3-5-10/h1-9H. The van der Waals surface area contributed by atoms with E-state index in [1.807, 2.05) is 54.6 Å². The minimum Gasteiger partial charge on any atom is -0.413 e. The van der Waals surface area contributed by atoms with Gasteiger partial charge in [-0.1, -0.05) is 42.5 Å². The molecule has 0 saturated heterocycles. The first-order chi connectivity index (χ1) is 9.74. The van der Waals surface area contributed by atoms with Crippen LogP contribution in [-0.4, -0.2) is 15.4 Å². The maximum absolute atomic E-state index is 10.9. The maximum atomic E-state index is 10.9. The molecule has 4 nitrogen and oxygen atoms in total. The highest BCUT2D eigenvalue weighted by atomic mass is 35.5. The summed E-state index contributed by atoms with van der Waals surface area (Å²) in [6.07, 6.45) is 0. The minimum atomic E-state index is -0.760. The van der Waals surface area contributed by atoms with E-state index in [9.17, 15) is 4.79 Å². The summed E-state index contributed by atoms with van der Waals surface area (Å²) in [7, 11) is 0. The lowest BCUT2D eigenvalue weighted by atomic mass is 10.0. The monoisotopic (exact) mass is 284 g/mol. The van der Waals surface area contributed by atoms with Gasteiger partial charge in [-0.2, -0.15) is 0 Å². The fourth-order valence-electron chi connectivity index (χ4n) is 1.86. The van der Waals surface area contributed by atoms with Crippen LogP contribution in [0.4, 0.5) is 0 Å². The van der Waals surface area contributed by atoms with Crippen LogP contribution in [0.15, 0.2) is 59.0 Å². The Morgan fingerprint density at radius 3 is 2.05 bits per heavy atom. The van der Waals surface area contributed by atoms with E-state index in [2.05, 4.69) is 10.2 Å². The average Bonchev–Trinajstić information content (AvgIpc) is 2.98. The third-order valence-corrected chi connectivity index (χ3v) is 2.99. The zero-order chi connectivity index (χ0) is 13.9. The molecule has 0 radical (unpaired) electrons. The Bertz CT molecular complexity index is 736. The van der Waals surface area contributed by atoms with Crippen LogP contribution in [0.1, 0.15) is 10.7 Å². The summed E-state index contributed by atoms with van der Waals surface area (Å²) in [5.74, 6) is 0.0717. The quantitative estimate of drug-likeness (QED) is 0.687. The summed E-state index contributed by atoms with van der Waals surface area (Å²) in [4.78, 5) is 10.9. The summed E-state index contributed by atoms with van der Waals surface area (Å²) in [6.45, 7) is 0. The predicted octanol–water partition coefficient (Wildman–Crippen LogP) is 3.78. The maximum Gasteiger partial charge on any atom is 0.309 e. The second kappa shape index (κ2) is 5.27. The molecular weight excluding hydrogens is 276 g/mol. The summed E-state index contributed by atoms with van der Waals surface area (Å²) in [5.41, 5.74) is 2.95. The van der Waals surface area contributed by atoms with Crippen LogP contribution in [0.25, 0.3) is 22.6 Å². The van der Waals surface area contributed by atoms with Gasteiger partial charge in [0.05, 0.1) is 0 Å². The molecule has 0 bridgehead atoms. The lowest BCUT2D eigenvalue weighted by molar-refractivity contribution is 0.105. The topological polar surface area (TPSA) is 56.0 Å². The molecule has 0 aliphatic rings. The van der Waals surface area contributed by atoms with E-state index < -0.39 is 5.24 Å². The number of hydrogen-bond acceptors (Lipinski definition) is 4. The Balaban J connectivity index is 1.91.